The summed E-state index contributed by atoms with van der Waals surface area (Å²) in [6.45, 7) is 6.13. The van der Waals surface area contributed by atoms with Gasteiger partial charge in [-0.1, -0.05) is 36.4 Å². The second-order valence-corrected chi connectivity index (χ2v) is 8.14. The maximum atomic E-state index is 4.82. The van der Waals surface area contributed by atoms with Crippen LogP contribution in [-0.4, -0.2) is 64.9 Å². The summed E-state index contributed by atoms with van der Waals surface area (Å²) in [5, 5.41) is 10.5. The van der Waals surface area contributed by atoms with Crippen LogP contribution >= 0.6 is 0 Å². The normalized spacial score (nSPS) is 16.3. The fraction of sp³-hybridized carbons (Fsp3) is 0.318. The average Bonchev–Trinajstić information content (AvgIpc) is 3.11. The number of nitrogens with one attached hydrogen (secondary N) is 2. The van der Waals surface area contributed by atoms with Gasteiger partial charge < -0.3 is 14.7 Å². The molecule has 3 aromatic rings. The van der Waals surface area contributed by atoms with Gasteiger partial charge in [-0.2, -0.15) is 5.10 Å². The predicted octanol–water partition coefficient (Wildman–Crippen LogP) is 3.32. The Bertz CT molecular complexity index is 981. The third kappa shape index (κ3) is 5.00. The number of aromatic nitrogens is 4. The van der Waals surface area contributed by atoms with Crippen molar-refractivity contribution in [3.05, 3.63) is 59.5 Å². The van der Waals surface area contributed by atoms with E-state index in [9.17, 15) is 0 Å². The highest BCUT2D eigenvalue weighted by molar-refractivity contribution is 5.69. The van der Waals surface area contributed by atoms with Crippen LogP contribution < -0.4 is 10.2 Å². The lowest BCUT2D eigenvalue weighted by atomic mass is 10.2. The Morgan fingerprint density at radius 1 is 1.00 bits per heavy atom. The molecule has 0 radical (unpaired) electrons. The van der Waals surface area contributed by atoms with Crippen molar-refractivity contribution in [3.63, 3.8) is 0 Å². The van der Waals surface area contributed by atoms with E-state index in [-0.39, 0.29) is 0 Å². The van der Waals surface area contributed by atoms with E-state index in [0.29, 0.717) is 5.82 Å². The molecule has 0 unspecified atom stereocenters. The first-order valence-electron chi connectivity index (χ1n) is 9.95. The van der Waals surface area contributed by atoms with Gasteiger partial charge >= 0.3 is 0 Å². The van der Waals surface area contributed by atoms with E-state index in [2.05, 4.69) is 51.6 Å². The zero-order chi connectivity index (χ0) is 20.3. The fourth-order valence-electron chi connectivity index (χ4n) is 3.34. The Labute approximate surface area is 171 Å². The quantitative estimate of drug-likeness (QED) is 0.654. The number of anilines is 3. The van der Waals surface area contributed by atoms with E-state index in [4.69, 9.17) is 4.98 Å². The van der Waals surface area contributed by atoms with Gasteiger partial charge in [0.15, 0.2) is 11.6 Å². The smallest absolute Gasteiger partial charge is 0.156 e. The maximum Gasteiger partial charge on any atom is 0.156 e. The highest BCUT2D eigenvalue weighted by Gasteiger charge is 2.25. The molecular weight excluding hydrogens is 362 g/mol. The molecule has 1 aromatic carbocycles. The van der Waals surface area contributed by atoms with Crippen LogP contribution in [0.4, 0.5) is 17.5 Å². The van der Waals surface area contributed by atoms with E-state index >= 15 is 0 Å². The zero-order valence-corrected chi connectivity index (χ0v) is 17.3. The number of likely N-dealkylation sites (N-methyl/N-ethyl adjacent to an activating group) is 1. The fourth-order valence-corrected chi connectivity index (χ4v) is 3.34. The molecule has 0 spiro atoms. The molecule has 2 aromatic heterocycles. The van der Waals surface area contributed by atoms with Gasteiger partial charge in [-0.05, 0) is 18.6 Å². The minimum absolute atomic E-state index is 0.681. The molecule has 4 rings (SSSR count). The molecule has 0 amide bonds. The Hall–Kier alpha value is -3.19. The lowest BCUT2D eigenvalue weighted by Crippen LogP contribution is -2.55. The topological polar surface area (TPSA) is 69.7 Å². The molecular formula is C22H28N7+. The summed E-state index contributed by atoms with van der Waals surface area (Å²) in [6.07, 6.45) is 4.00. The molecule has 7 nitrogen and oxygen atoms in total. The number of aryl methyl sites for hydroxylation is 1. The predicted molar refractivity (Wildman–Crippen MR) is 118 cm³/mol. The van der Waals surface area contributed by atoms with Crippen LogP contribution in [0, 0.1) is 6.92 Å². The third-order valence-corrected chi connectivity index (χ3v) is 5.19. The summed E-state index contributed by atoms with van der Waals surface area (Å²) >= 11 is 0. The van der Waals surface area contributed by atoms with Crippen LogP contribution in [0.2, 0.25) is 0 Å². The number of benzene rings is 1. The second kappa shape index (κ2) is 8.05. The van der Waals surface area contributed by atoms with Crippen molar-refractivity contribution in [2.24, 2.45) is 0 Å². The molecule has 1 saturated heterocycles. The number of nitrogens with zero attached hydrogens (tertiary/aromatic N) is 5. The standard InChI is InChI=1S/C22H28N7/c1-17-15-21(27-26-17)24-20-16-22(28-11-13-29(2,3)14-12-28)25-19(23-20)10-9-18-7-5-4-6-8-18/h4-10,15-16H,11-14H2,1-3H3,(H2,23,24,25,26,27)/q+1/b10-9+. The van der Waals surface area contributed by atoms with E-state index in [1.54, 1.807) is 0 Å². The van der Waals surface area contributed by atoms with Gasteiger partial charge in [-0.3, -0.25) is 5.10 Å². The van der Waals surface area contributed by atoms with Gasteiger partial charge in [0.25, 0.3) is 0 Å². The first kappa shape index (κ1) is 19.1. The molecule has 0 aliphatic carbocycles. The number of hydrogen-bond donors (Lipinski definition) is 2. The van der Waals surface area contributed by atoms with Gasteiger partial charge in [0.2, 0.25) is 0 Å². The van der Waals surface area contributed by atoms with Gasteiger partial charge in [0.05, 0.1) is 40.3 Å². The van der Waals surface area contributed by atoms with Crippen LogP contribution in [0.3, 0.4) is 0 Å². The molecule has 0 bridgehead atoms. The van der Waals surface area contributed by atoms with E-state index in [0.717, 1.165) is 59.4 Å². The molecule has 1 fully saturated rings. The van der Waals surface area contributed by atoms with Crippen molar-refractivity contribution in [1.29, 1.82) is 0 Å². The summed E-state index contributed by atoms with van der Waals surface area (Å²) in [7, 11) is 4.55. The average molecular weight is 391 g/mol. The van der Waals surface area contributed by atoms with Crippen LogP contribution in [0.5, 0.6) is 0 Å². The van der Waals surface area contributed by atoms with E-state index in [1.807, 2.05) is 49.4 Å². The van der Waals surface area contributed by atoms with Gasteiger partial charge in [0, 0.05) is 17.8 Å². The minimum Gasteiger partial charge on any atom is -0.345 e. The number of hydrogen-bond acceptors (Lipinski definition) is 5. The molecule has 2 N–H and O–H groups in total. The first-order valence-corrected chi connectivity index (χ1v) is 9.95. The Morgan fingerprint density at radius 2 is 1.76 bits per heavy atom. The molecule has 1 aliphatic rings. The lowest BCUT2D eigenvalue weighted by molar-refractivity contribution is -0.890. The highest BCUT2D eigenvalue weighted by Crippen LogP contribution is 2.22. The van der Waals surface area contributed by atoms with Crippen LogP contribution in [0.15, 0.2) is 42.5 Å². The summed E-state index contributed by atoms with van der Waals surface area (Å²) in [6, 6.07) is 14.2. The Kier molecular flexibility index (Phi) is 5.31. The summed E-state index contributed by atoms with van der Waals surface area (Å²) in [5.74, 6) is 3.12. The SMILES string of the molecule is Cc1cc(Nc2cc(N3CC[N+](C)(C)CC3)nc(/C=C/c3ccccc3)n2)n[nH]1. The van der Waals surface area contributed by atoms with E-state index < -0.39 is 0 Å². The molecule has 7 heteroatoms. The molecule has 1 aliphatic heterocycles. The van der Waals surface area contributed by atoms with Crippen LogP contribution in [-0.2, 0) is 0 Å². The Morgan fingerprint density at radius 3 is 2.45 bits per heavy atom. The third-order valence-electron chi connectivity index (χ3n) is 5.19. The molecule has 150 valence electrons. The van der Waals surface area contributed by atoms with E-state index in [1.165, 1.54) is 0 Å². The van der Waals surface area contributed by atoms with Gasteiger partial charge in [-0.25, -0.2) is 9.97 Å². The van der Waals surface area contributed by atoms with Crippen molar-refractivity contribution >= 4 is 29.6 Å². The number of aromatic amines is 1. The van der Waals surface area contributed by atoms with Gasteiger partial charge in [-0.15, -0.1) is 0 Å². The largest absolute Gasteiger partial charge is 0.345 e. The number of quaternary nitrogens is 1. The summed E-state index contributed by atoms with van der Waals surface area (Å²) in [5.41, 5.74) is 2.12. The van der Waals surface area contributed by atoms with Crippen molar-refractivity contribution in [2.75, 3.05) is 50.5 Å². The van der Waals surface area contributed by atoms with Gasteiger partial charge in [0.1, 0.15) is 11.6 Å². The Balaban J connectivity index is 1.62. The van der Waals surface area contributed by atoms with Crippen molar-refractivity contribution in [1.82, 2.24) is 20.2 Å². The summed E-state index contributed by atoms with van der Waals surface area (Å²) in [4.78, 5) is 11.8. The minimum atomic E-state index is 0.681. The zero-order valence-electron chi connectivity index (χ0n) is 17.3. The highest BCUT2D eigenvalue weighted by atomic mass is 15.4. The molecule has 3 heterocycles. The second-order valence-electron chi connectivity index (χ2n) is 8.14. The first-order chi connectivity index (χ1) is 14.0. The van der Waals surface area contributed by atoms with Crippen molar-refractivity contribution in [3.8, 4) is 0 Å². The van der Waals surface area contributed by atoms with Crippen LogP contribution in [0.25, 0.3) is 12.2 Å². The summed E-state index contributed by atoms with van der Waals surface area (Å²) < 4.78 is 1.04. The maximum absolute atomic E-state index is 4.82. The molecule has 0 atom stereocenters. The van der Waals surface area contributed by atoms with Crippen molar-refractivity contribution in [2.45, 2.75) is 6.92 Å². The van der Waals surface area contributed by atoms with Crippen LogP contribution in [0.1, 0.15) is 17.1 Å². The van der Waals surface area contributed by atoms with Crippen molar-refractivity contribution < 1.29 is 4.48 Å². The number of piperazine rings is 1. The lowest BCUT2D eigenvalue weighted by Gasteiger charge is -2.39. The number of rotatable bonds is 5. The molecule has 29 heavy (non-hydrogen) atoms. The molecule has 0 saturated carbocycles. The monoisotopic (exact) mass is 390 g/mol. The number of H-pyrrole nitrogens is 1.